The van der Waals surface area contributed by atoms with Crippen molar-refractivity contribution in [2.45, 2.75) is 0 Å². The smallest absolute Gasteiger partial charge is 0.255 e. The molecule has 6 nitrogen and oxygen atoms in total. The van der Waals surface area contributed by atoms with Crippen LogP contribution in [-0.2, 0) is 0 Å². The van der Waals surface area contributed by atoms with E-state index in [-0.39, 0.29) is 5.91 Å². The number of nitrogens with one attached hydrogen (secondary N) is 3. The number of hydrogen-bond donors (Lipinski definition) is 3. The molecule has 1 amide bonds. The monoisotopic (exact) mass is 277 g/mol. The quantitative estimate of drug-likeness (QED) is 0.526. The van der Waals surface area contributed by atoms with Crippen molar-refractivity contribution >= 4 is 33.5 Å². The highest BCUT2D eigenvalue weighted by Crippen LogP contribution is 2.18. The van der Waals surface area contributed by atoms with Crippen LogP contribution in [-0.4, -0.2) is 26.1 Å². The lowest BCUT2D eigenvalue weighted by Crippen LogP contribution is -2.11. The first-order chi connectivity index (χ1) is 10.3. The average Bonchev–Trinajstić information content (AvgIpc) is 3.14. The lowest BCUT2D eigenvalue weighted by molar-refractivity contribution is 0.102. The van der Waals surface area contributed by atoms with Crippen LogP contribution in [0.5, 0.6) is 0 Å². The lowest BCUT2D eigenvalue weighted by atomic mass is 10.1. The first kappa shape index (κ1) is 11.7. The van der Waals surface area contributed by atoms with Crippen LogP contribution < -0.4 is 5.32 Å². The number of fused-ring (bicyclic) bond motifs is 2. The molecule has 0 saturated heterocycles. The van der Waals surface area contributed by atoms with Gasteiger partial charge in [-0.2, -0.15) is 5.10 Å². The van der Waals surface area contributed by atoms with Gasteiger partial charge in [-0.25, -0.2) is 4.98 Å². The third kappa shape index (κ3) is 2.02. The SMILES string of the molecule is O=C(Nc1ccc2cn[nH]c2c1)c1ccc2nc[nH]c2c1. The number of carbonyl (C=O) groups excluding carboxylic acids is 1. The molecule has 2 aromatic heterocycles. The van der Waals surface area contributed by atoms with Crippen molar-refractivity contribution in [3.05, 3.63) is 54.5 Å². The first-order valence-corrected chi connectivity index (χ1v) is 6.47. The Balaban J connectivity index is 1.64. The van der Waals surface area contributed by atoms with E-state index in [0.29, 0.717) is 5.56 Å². The minimum absolute atomic E-state index is 0.162. The second kappa shape index (κ2) is 4.45. The van der Waals surface area contributed by atoms with Crippen LogP contribution >= 0.6 is 0 Å². The summed E-state index contributed by atoms with van der Waals surface area (Å²) >= 11 is 0. The van der Waals surface area contributed by atoms with Gasteiger partial charge in [0.15, 0.2) is 0 Å². The summed E-state index contributed by atoms with van der Waals surface area (Å²) in [7, 11) is 0. The average molecular weight is 277 g/mol. The van der Waals surface area contributed by atoms with E-state index in [1.165, 1.54) is 0 Å². The van der Waals surface area contributed by atoms with Gasteiger partial charge in [0.2, 0.25) is 0 Å². The van der Waals surface area contributed by atoms with E-state index in [9.17, 15) is 4.79 Å². The Kier molecular flexibility index (Phi) is 2.47. The number of aromatic amines is 2. The summed E-state index contributed by atoms with van der Waals surface area (Å²) in [5.41, 5.74) is 3.87. The second-order valence-electron chi connectivity index (χ2n) is 4.76. The van der Waals surface area contributed by atoms with E-state index >= 15 is 0 Å². The molecule has 0 fully saturated rings. The van der Waals surface area contributed by atoms with Crippen molar-refractivity contribution < 1.29 is 4.79 Å². The largest absolute Gasteiger partial charge is 0.345 e. The minimum Gasteiger partial charge on any atom is -0.345 e. The van der Waals surface area contributed by atoms with Gasteiger partial charge >= 0.3 is 0 Å². The molecule has 2 aromatic carbocycles. The number of benzene rings is 2. The third-order valence-electron chi connectivity index (χ3n) is 3.38. The normalized spacial score (nSPS) is 11.0. The Morgan fingerprint density at radius 2 is 2.05 bits per heavy atom. The van der Waals surface area contributed by atoms with Gasteiger partial charge in [0.1, 0.15) is 0 Å². The molecule has 0 saturated carbocycles. The number of anilines is 1. The molecular formula is C15H11N5O. The fraction of sp³-hybridized carbons (Fsp3) is 0. The van der Waals surface area contributed by atoms with E-state index in [2.05, 4.69) is 25.5 Å². The number of imidazole rings is 1. The number of H-pyrrole nitrogens is 2. The molecule has 3 N–H and O–H groups in total. The summed E-state index contributed by atoms with van der Waals surface area (Å²) in [5.74, 6) is -0.162. The Morgan fingerprint density at radius 3 is 3.00 bits per heavy atom. The Bertz CT molecular complexity index is 953. The van der Waals surface area contributed by atoms with Crippen LogP contribution in [0.15, 0.2) is 48.9 Å². The van der Waals surface area contributed by atoms with E-state index in [1.54, 1.807) is 24.7 Å². The zero-order valence-electron chi connectivity index (χ0n) is 10.9. The number of amides is 1. The molecule has 0 radical (unpaired) electrons. The van der Waals surface area contributed by atoms with Gasteiger partial charge in [0, 0.05) is 16.6 Å². The minimum atomic E-state index is -0.162. The van der Waals surface area contributed by atoms with Gasteiger partial charge in [0.05, 0.1) is 29.1 Å². The molecule has 2 heterocycles. The van der Waals surface area contributed by atoms with Gasteiger partial charge < -0.3 is 10.3 Å². The summed E-state index contributed by atoms with van der Waals surface area (Å²) in [6.45, 7) is 0. The van der Waals surface area contributed by atoms with Crippen molar-refractivity contribution in [3.8, 4) is 0 Å². The summed E-state index contributed by atoms with van der Waals surface area (Å²) in [6, 6.07) is 11.0. The molecular weight excluding hydrogens is 266 g/mol. The van der Waals surface area contributed by atoms with Crippen LogP contribution in [0, 0.1) is 0 Å². The topological polar surface area (TPSA) is 86.5 Å². The second-order valence-corrected chi connectivity index (χ2v) is 4.76. The molecule has 4 aromatic rings. The maximum absolute atomic E-state index is 12.3. The van der Waals surface area contributed by atoms with Crippen molar-refractivity contribution in [2.75, 3.05) is 5.32 Å². The Morgan fingerprint density at radius 1 is 1.10 bits per heavy atom. The number of carbonyl (C=O) groups is 1. The fourth-order valence-corrected chi connectivity index (χ4v) is 2.29. The van der Waals surface area contributed by atoms with Gasteiger partial charge in [-0.3, -0.25) is 9.89 Å². The zero-order chi connectivity index (χ0) is 14.2. The molecule has 0 unspecified atom stereocenters. The maximum atomic E-state index is 12.3. The van der Waals surface area contributed by atoms with E-state index in [1.807, 2.05) is 24.3 Å². The summed E-state index contributed by atoms with van der Waals surface area (Å²) in [4.78, 5) is 19.4. The molecule has 0 bridgehead atoms. The summed E-state index contributed by atoms with van der Waals surface area (Å²) < 4.78 is 0. The Labute approximate surface area is 119 Å². The predicted molar refractivity (Wildman–Crippen MR) is 80.1 cm³/mol. The van der Waals surface area contributed by atoms with Crippen LogP contribution in [0.1, 0.15) is 10.4 Å². The van der Waals surface area contributed by atoms with Gasteiger partial charge in [-0.05, 0) is 36.4 Å². The van der Waals surface area contributed by atoms with Crippen LogP contribution in [0.4, 0.5) is 5.69 Å². The van der Waals surface area contributed by atoms with Crippen LogP contribution in [0.2, 0.25) is 0 Å². The number of aromatic nitrogens is 4. The van der Waals surface area contributed by atoms with Crippen molar-refractivity contribution in [2.24, 2.45) is 0 Å². The summed E-state index contributed by atoms with van der Waals surface area (Å²) in [6.07, 6.45) is 3.35. The van der Waals surface area contributed by atoms with E-state index in [0.717, 1.165) is 27.6 Å². The van der Waals surface area contributed by atoms with Gasteiger partial charge in [-0.1, -0.05) is 0 Å². The molecule has 0 aliphatic carbocycles. The molecule has 6 heteroatoms. The molecule has 0 atom stereocenters. The molecule has 0 aliphatic heterocycles. The molecule has 0 aliphatic rings. The molecule has 102 valence electrons. The highest BCUT2D eigenvalue weighted by Gasteiger charge is 2.08. The van der Waals surface area contributed by atoms with Crippen molar-refractivity contribution in [3.63, 3.8) is 0 Å². The van der Waals surface area contributed by atoms with Gasteiger partial charge in [0.25, 0.3) is 5.91 Å². The van der Waals surface area contributed by atoms with Crippen molar-refractivity contribution in [1.82, 2.24) is 20.2 Å². The standard InChI is InChI=1S/C15H11N5O/c21-15(9-2-4-12-14(5-9)17-8-16-12)19-11-3-1-10-7-18-20-13(10)6-11/h1-8H,(H,16,17)(H,18,20)(H,19,21). The lowest BCUT2D eigenvalue weighted by Gasteiger charge is -2.05. The van der Waals surface area contributed by atoms with Gasteiger partial charge in [-0.15, -0.1) is 0 Å². The van der Waals surface area contributed by atoms with E-state index < -0.39 is 0 Å². The fourth-order valence-electron chi connectivity index (χ4n) is 2.29. The van der Waals surface area contributed by atoms with Crippen LogP contribution in [0.3, 0.4) is 0 Å². The number of hydrogen-bond acceptors (Lipinski definition) is 3. The molecule has 21 heavy (non-hydrogen) atoms. The van der Waals surface area contributed by atoms with E-state index in [4.69, 9.17) is 0 Å². The highest BCUT2D eigenvalue weighted by atomic mass is 16.1. The van der Waals surface area contributed by atoms with Crippen molar-refractivity contribution in [1.29, 1.82) is 0 Å². The number of rotatable bonds is 2. The highest BCUT2D eigenvalue weighted by molar-refractivity contribution is 6.06. The predicted octanol–water partition coefficient (Wildman–Crippen LogP) is 2.69. The molecule has 4 rings (SSSR count). The number of nitrogens with zero attached hydrogens (tertiary/aromatic N) is 2. The van der Waals surface area contributed by atoms with Crippen LogP contribution in [0.25, 0.3) is 21.9 Å². The maximum Gasteiger partial charge on any atom is 0.255 e. The molecule has 0 spiro atoms. The summed E-state index contributed by atoms with van der Waals surface area (Å²) in [5, 5.41) is 10.7. The first-order valence-electron chi connectivity index (χ1n) is 6.47. The third-order valence-corrected chi connectivity index (χ3v) is 3.38. The zero-order valence-corrected chi connectivity index (χ0v) is 10.9. The Hall–Kier alpha value is -3.15.